The maximum Gasteiger partial charge on any atom is 0.0533 e. The Balaban J connectivity index is 1.36. The predicted molar refractivity (Wildman–Crippen MR) is 116 cm³/mol. The van der Waals surface area contributed by atoms with E-state index in [1.807, 2.05) is 42.7 Å². The van der Waals surface area contributed by atoms with Crippen molar-refractivity contribution in [2.45, 2.75) is 12.5 Å². The van der Waals surface area contributed by atoms with E-state index in [-0.39, 0.29) is 6.04 Å². The van der Waals surface area contributed by atoms with Crippen molar-refractivity contribution in [1.82, 2.24) is 15.0 Å². The summed E-state index contributed by atoms with van der Waals surface area (Å²) >= 11 is 0. The lowest BCUT2D eigenvalue weighted by Gasteiger charge is -2.13. The SMILES string of the molecule is N[C@@H](CNc1cncc(C=Cc2ccncc2)c1)Cc1c[nH]c2ccccc12. The first kappa shape index (κ1) is 17.9. The zero-order valence-corrected chi connectivity index (χ0v) is 15.5. The average molecular weight is 369 g/mol. The Morgan fingerprint density at radius 1 is 1.00 bits per heavy atom. The molecule has 28 heavy (non-hydrogen) atoms. The number of fused-ring (bicyclic) bond motifs is 1. The summed E-state index contributed by atoms with van der Waals surface area (Å²) in [4.78, 5) is 11.7. The summed E-state index contributed by atoms with van der Waals surface area (Å²) in [5.41, 5.74) is 11.9. The van der Waals surface area contributed by atoms with Gasteiger partial charge in [-0.2, -0.15) is 0 Å². The standard InChI is InChI=1S/C23H23N5/c24-20(12-19-14-28-23-4-2-1-3-22(19)23)15-27-21-11-18(13-26-16-21)6-5-17-7-9-25-10-8-17/h1-11,13-14,16,20,27-28H,12,15,24H2/t20-/m1/s1. The lowest BCUT2D eigenvalue weighted by Crippen LogP contribution is -2.31. The summed E-state index contributed by atoms with van der Waals surface area (Å²) in [5, 5.41) is 4.64. The number of rotatable bonds is 7. The molecule has 5 heteroatoms. The molecule has 3 aromatic heterocycles. The summed E-state index contributed by atoms with van der Waals surface area (Å²) in [6.07, 6.45) is 14.2. The molecular formula is C23H23N5. The highest BCUT2D eigenvalue weighted by Gasteiger charge is 2.09. The number of para-hydroxylation sites is 1. The quantitative estimate of drug-likeness (QED) is 0.458. The average Bonchev–Trinajstić information content (AvgIpc) is 3.15. The smallest absolute Gasteiger partial charge is 0.0533 e. The number of benzene rings is 1. The number of aromatic nitrogens is 3. The molecule has 4 N–H and O–H groups in total. The van der Waals surface area contributed by atoms with Crippen LogP contribution in [0.5, 0.6) is 0 Å². The number of aromatic amines is 1. The van der Waals surface area contributed by atoms with Gasteiger partial charge in [-0.3, -0.25) is 9.97 Å². The van der Waals surface area contributed by atoms with Crippen LogP contribution in [0.3, 0.4) is 0 Å². The van der Waals surface area contributed by atoms with Crippen LogP contribution in [-0.4, -0.2) is 27.5 Å². The van der Waals surface area contributed by atoms with Crippen molar-refractivity contribution >= 4 is 28.7 Å². The number of nitrogens with one attached hydrogen (secondary N) is 2. The Morgan fingerprint density at radius 3 is 2.71 bits per heavy atom. The lowest BCUT2D eigenvalue weighted by molar-refractivity contribution is 0.702. The zero-order chi connectivity index (χ0) is 19.2. The lowest BCUT2D eigenvalue weighted by atomic mass is 10.1. The van der Waals surface area contributed by atoms with Crippen LogP contribution in [0.25, 0.3) is 23.1 Å². The number of hydrogen-bond donors (Lipinski definition) is 3. The minimum absolute atomic E-state index is 0.00947. The Bertz CT molecular complexity index is 1070. The topological polar surface area (TPSA) is 79.6 Å². The van der Waals surface area contributed by atoms with Gasteiger partial charge in [-0.1, -0.05) is 30.4 Å². The fraction of sp³-hybridized carbons (Fsp3) is 0.130. The van der Waals surface area contributed by atoms with E-state index in [9.17, 15) is 0 Å². The third kappa shape index (κ3) is 4.45. The summed E-state index contributed by atoms with van der Waals surface area (Å²) in [6.45, 7) is 0.679. The van der Waals surface area contributed by atoms with Crippen molar-refractivity contribution in [3.05, 3.63) is 90.1 Å². The van der Waals surface area contributed by atoms with Gasteiger partial charge in [0.05, 0.1) is 5.69 Å². The molecule has 0 saturated carbocycles. The third-order valence-corrected chi connectivity index (χ3v) is 4.66. The second kappa shape index (κ2) is 8.50. The molecule has 0 amide bonds. The second-order valence-electron chi connectivity index (χ2n) is 6.83. The van der Waals surface area contributed by atoms with Crippen molar-refractivity contribution in [1.29, 1.82) is 0 Å². The monoisotopic (exact) mass is 369 g/mol. The van der Waals surface area contributed by atoms with Gasteiger partial charge in [0.25, 0.3) is 0 Å². The van der Waals surface area contributed by atoms with E-state index in [1.165, 1.54) is 10.9 Å². The van der Waals surface area contributed by atoms with Gasteiger partial charge in [-0.05, 0) is 47.4 Å². The van der Waals surface area contributed by atoms with Crippen LogP contribution in [0.2, 0.25) is 0 Å². The van der Waals surface area contributed by atoms with Gasteiger partial charge in [-0.25, -0.2) is 0 Å². The number of hydrogen-bond acceptors (Lipinski definition) is 4. The van der Waals surface area contributed by atoms with Crippen molar-refractivity contribution in [3.63, 3.8) is 0 Å². The minimum atomic E-state index is 0.00947. The van der Waals surface area contributed by atoms with E-state index in [1.54, 1.807) is 12.4 Å². The number of pyridine rings is 2. The molecule has 4 aromatic rings. The Hall–Kier alpha value is -3.44. The van der Waals surface area contributed by atoms with Crippen LogP contribution in [0.1, 0.15) is 16.7 Å². The van der Waals surface area contributed by atoms with Crippen molar-refractivity contribution in [2.75, 3.05) is 11.9 Å². The van der Waals surface area contributed by atoms with Crippen LogP contribution in [0.4, 0.5) is 5.69 Å². The van der Waals surface area contributed by atoms with Gasteiger partial charge in [-0.15, -0.1) is 0 Å². The number of anilines is 1. The molecule has 0 aliphatic rings. The van der Waals surface area contributed by atoms with E-state index in [2.05, 4.69) is 50.7 Å². The van der Waals surface area contributed by atoms with Crippen LogP contribution >= 0.6 is 0 Å². The van der Waals surface area contributed by atoms with Crippen LogP contribution in [-0.2, 0) is 6.42 Å². The van der Waals surface area contributed by atoms with Crippen LogP contribution < -0.4 is 11.1 Å². The van der Waals surface area contributed by atoms with Crippen LogP contribution in [0.15, 0.2) is 73.4 Å². The molecule has 0 fully saturated rings. The van der Waals surface area contributed by atoms with Gasteiger partial charge in [0, 0.05) is 54.5 Å². The molecule has 0 aliphatic heterocycles. The molecule has 0 bridgehead atoms. The Labute approximate surface area is 164 Å². The van der Waals surface area contributed by atoms with Gasteiger partial charge in [0.2, 0.25) is 0 Å². The normalized spacial score (nSPS) is 12.5. The molecule has 140 valence electrons. The molecular weight excluding hydrogens is 346 g/mol. The first-order valence-electron chi connectivity index (χ1n) is 9.35. The van der Waals surface area contributed by atoms with E-state index in [0.29, 0.717) is 6.54 Å². The van der Waals surface area contributed by atoms with Crippen molar-refractivity contribution < 1.29 is 0 Å². The second-order valence-corrected chi connectivity index (χ2v) is 6.83. The van der Waals surface area contributed by atoms with E-state index in [0.717, 1.165) is 28.8 Å². The van der Waals surface area contributed by atoms with Crippen LogP contribution in [0, 0.1) is 0 Å². The van der Waals surface area contributed by atoms with E-state index in [4.69, 9.17) is 5.73 Å². The Kier molecular flexibility index (Phi) is 5.45. The first-order valence-corrected chi connectivity index (χ1v) is 9.35. The molecule has 4 rings (SSSR count). The summed E-state index contributed by atoms with van der Waals surface area (Å²) in [6, 6.07) is 14.3. The van der Waals surface area contributed by atoms with E-state index < -0.39 is 0 Å². The summed E-state index contributed by atoms with van der Waals surface area (Å²) < 4.78 is 0. The molecule has 0 radical (unpaired) electrons. The number of H-pyrrole nitrogens is 1. The highest BCUT2D eigenvalue weighted by Crippen LogP contribution is 2.19. The summed E-state index contributed by atoms with van der Waals surface area (Å²) in [5.74, 6) is 0. The number of nitrogens with two attached hydrogens (primary N) is 1. The molecule has 0 spiro atoms. The fourth-order valence-corrected chi connectivity index (χ4v) is 3.22. The highest BCUT2D eigenvalue weighted by atomic mass is 14.9. The van der Waals surface area contributed by atoms with Gasteiger partial charge in [0.15, 0.2) is 0 Å². The fourth-order valence-electron chi connectivity index (χ4n) is 3.22. The maximum atomic E-state index is 6.36. The maximum absolute atomic E-state index is 6.36. The van der Waals surface area contributed by atoms with E-state index >= 15 is 0 Å². The third-order valence-electron chi connectivity index (χ3n) is 4.66. The molecule has 0 saturated heterocycles. The first-order chi connectivity index (χ1) is 13.8. The van der Waals surface area contributed by atoms with Gasteiger partial charge >= 0.3 is 0 Å². The highest BCUT2D eigenvalue weighted by molar-refractivity contribution is 5.83. The minimum Gasteiger partial charge on any atom is -0.382 e. The largest absolute Gasteiger partial charge is 0.382 e. The molecule has 1 aromatic carbocycles. The number of nitrogens with zero attached hydrogens (tertiary/aromatic N) is 2. The summed E-state index contributed by atoms with van der Waals surface area (Å²) in [7, 11) is 0. The zero-order valence-electron chi connectivity index (χ0n) is 15.5. The van der Waals surface area contributed by atoms with Crippen molar-refractivity contribution in [2.24, 2.45) is 5.73 Å². The molecule has 0 unspecified atom stereocenters. The Morgan fingerprint density at radius 2 is 1.82 bits per heavy atom. The molecule has 5 nitrogen and oxygen atoms in total. The van der Waals surface area contributed by atoms with Gasteiger partial charge < -0.3 is 16.0 Å². The molecule has 3 heterocycles. The van der Waals surface area contributed by atoms with Gasteiger partial charge in [0.1, 0.15) is 0 Å². The molecule has 1 atom stereocenters. The molecule has 0 aliphatic carbocycles. The predicted octanol–water partition coefficient (Wildman–Crippen LogP) is 4.11. The van der Waals surface area contributed by atoms with Crippen molar-refractivity contribution in [3.8, 4) is 0 Å².